The summed E-state index contributed by atoms with van der Waals surface area (Å²) in [7, 11) is 3.92. The van der Waals surface area contributed by atoms with E-state index in [0.717, 1.165) is 61.3 Å². The standard InChI is InChI=1S/C21H31N5O2/c1-15-12-19(24-21(23-15)25(3)4)26-11-5-6-17(14-26)8-10-20(27)22-13-18-9-7-16(2)28-18/h7,9,12,17H,5-6,8,10-11,13-14H2,1-4H3,(H,22,27)/t17-/m1/s1. The number of furan rings is 1. The van der Waals surface area contributed by atoms with Gasteiger partial charge in [-0.25, -0.2) is 4.98 Å². The first-order chi connectivity index (χ1) is 13.4. The van der Waals surface area contributed by atoms with E-state index in [4.69, 9.17) is 9.40 Å². The molecule has 1 saturated heterocycles. The number of aromatic nitrogens is 2. The summed E-state index contributed by atoms with van der Waals surface area (Å²) in [6.45, 7) is 6.31. The Morgan fingerprint density at radius 1 is 1.32 bits per heavy atom. The SMILES string of the molecule is Cc1cc(N2CCC[C@H](CCC(=O)NCc3ccc(C)o3)C2)nc(N(C)C)n1. The van der Waals surface area contributed by atoms with Gasteiger partial charge in [0.2, 0.25) is 11.9 Å². The first-order valence-electron chi connectivity index (χ1n) is 10.0. The Balaban J connectivity index is 1.50. The van der Waals surface area contributed by atoms with Crippen molar-refractivity contribution in [2.45, 2.75) is 46.1 Å². The maximum Gasteiger partial charge on any atom is 0.226 e. The van der Waals surface area contributed by atoms with E-state index in [-0.39, 0.29) is 5.91 Å². The first-order valence-corrected chi connectivity index (χ1v) is 10.0. The Labute approximate surface area is 167 Å². The average molecular weight is 386 g/mol. The van der Waals surface area contributed by atoms with E-state index < -0.39 is 0 Å². The fraction of sp³-hybridized carbons (Fsp3) is 0.571. The average Bonchev–Trinajstić information content (AvgIpc) is 3.09. The van der Waals surface area contributed by atoms with Gasteiger partial charge in [-0.3, -0.25) is 4.79 Å². The highest BCUT2D eigenvalue weighted by molar-refractivity contribution is 5.75. The lowest BCUT2D eigenvalue weighted by Gasteiger charge is -2.34. The minimum atomic E-state index is 0.0824. The molecule has 2 aromatic heterocycles. The molecule has 152 valence electrons. The second kappa shape index (κ2) is 9.08. The van der Waals surface area contributed by atoms with Gasteiger partial charge in [0.05, 0.1) is 6.54 Å². The summed E-state index contributed by atoms with van der Waals surface area (Å²) < 4.78 is 5.49. The van der Waals surface area contributed by atoms with Crippen LogP contribution in [0.15, 0.2) is 22.6 Å². The summed E-state index contributed by atoms with van der Waals surface area (Å²) >= 11 is 0. The summed E-state index contributed by atoms with van der Waals surface area (Å²) in [4.78, 5) is 25.6. The van der Waals surface area contributed by atoms with Gasteiger partial charge >= 0.3 is 0 Å². The minimum absolute atomic E-state index is 0.0824. The molecule has 0 aromatic carbocycles. The third kappa shape index (κ3) is 5.47. The van der Waals surface area contributed by atoms with Crippen LogP contribution in [0.4, 0.5) is 11.8 Å². The van der Waals surface area contributed by atoms with Gasteiger partial charge in [0, 0.05) is 45.4 Å². The van der Waals surface area contributed by atoms with Gasteiger partial charge in [-0.05, 0) is 51.2 Å². The first kappa shape index (κ1) is 20.2. The van der Waals surface area contributed by atoms with Crippen molar-refractivity contribution in [1.29, 1.82) is 0 Å². The highest BCUT2D eigenvalue weighted by atomic mass is 16.3. The van der Waals surface area contributed by atoms with Crippen LogP contribution in [0, 0.1) is 19.8 Å². The number of carbonyl (C=O) groups is 1. The zero-order valence-corrected chi connectivity index (χ0v) is 17.4. The molecule has 1 aliphatic rings. The van der Waals surface area contributed by atoms with Gasteiger partial charge in [-0.15, -0.1) is 0 Å². The maximum atomic E-state index is 12.2. The van der Waals surface area contributed by atoms with Gasteiger partial charge in [-0.1, -0.05) is 0 Å². The number of hydrogen-bond acceptors (Lipinski definition) is 6. The van der Waals surface area contributed by atoms with Crippen molar-refractivity contribution in [3.63, 3.8) is 0 Å². The molecule has 1 fully saturated rings. The number of amides is 1. The summed E-state index contributed by atoms with van der Waals surface area (Å²) in [5, 5.41) is 2.95. The Kier molecular flexibility index (Phi) is 6.54. The molecule has 0 radical (unpaired) electrons. The summed E-state index contributed by atoms with van der Waals surface area (Å²) in [6.07, 6.45) is 3.72. The quantitative estimate of drug-likeness (QED) is 0.790. The van der Waals surface area contributed by atoms with Crippen LogP contribution < -0.4 is 15.1 Å². The lowest BCUT2D eigenvalue weighted by atomic mass is 9.93. The fourth-order valence-electron chi connectivity index (χ4n) is 3.60. The van der Waals surface area contributed by atoms with Crippen LogP contribution in [-0.4, -0.2) is 43.1 Å². The van der Waals surface area contributed by atoms with Crippen LogP contribution in [0.1, 0.15) is 42.9 Å². The highest BCUT2D eigenvalue weighted by Gasteiger charge is 2.22. The number of aryl methyl sites for hydroxylation is 2. The number of hydrogen-bond donors (Lipinski definition) is 1. The van der Waals surface area contributed by atoms with Crippen molar-refractivity contribution in [3.05, 3.63) is 35.4 Å². The number of anilines is 2. The molecule has 3 heterocycles. The van der Waals surface area contributed by atoms with Gasteiger partial charge in [0.1, 0.15) is 17.3 Å². The van der Waals surface area contributed by atoms with Crippen molar-refractivity contribution in [2.75, 3.05) is 37.0 Å². The smallest absolute Gasteiger partial charge is 0.226 e. The molecule has 28 heavy (non-hydrogen) atoms. The van der Waals surface area contributed by atoms with Crippen molar-refractivity contribution < 1.29 is 9.21 Å². The van der Waals surface area contributed by atoms with E-state index in [0.29, 0.717) is 18.9 Å². The summed E-state index contributed by atoms with van der Waals surface area (Å²) in [5.74, 6) is 3.97. The largest absolute Gasteiger partial charge is 0.465 e. The van der Waals surface area contributed by atoms with E-state index in [1.54, 1.807) is 0 Å². The normalized spacial score (nSPS) is 16.9. The zero-order chi connectivity index (χ0) is 20.1. The van der Waals surface area contributed by atoms with Crippen molar-refractivity contribution >= 4 is 17.7 Å². The van der Waals surface area contributed by atoms with Crippen LogP contribution in [-0.2, 0) is 11.3 Å². The van der Waals surface area contributed by atoms with Crippen molar-refractivity contribution in [3.8, 4) is 0 Å². The molecule has 0 unspecified atom stereocenters. The lowest BCUT2D eigenvalue weighted by molar-refractivity contribution is -0.121. The van der Waals surface area contributed by atoms with Crippen LogP contribution in [0.3, 0.4) is 0 Å². The summed E-state index contributed by atoms with van der Waals surface area (Å²) in [5.41, 5.74) is 0.975. The number of nitrogens with zero attached hydrogens (tertiary/aromatic N) is 4. The molecular formula is C21H31N5O2. The number of nitrogens with one attached hydrogen (secondary N) is 1. The van der Waals surface area contributed by atoms with E-state index in [1.807, 2.05) is 51.0 Å². The molecule has 3 rings (SSSR count). The minimum Gasteiger partial charge on any atom is -0.465 e. The van der Waals surface area contributed by atoms with E-state index in [9.17, 15) is 4.79 Å². The molecule has 2 aromatic rings. The Bertz CT molecular complexity index is 802. The van der Waals surface area contributed by atoms with Crippen LogP contribution in [0.25, 0.3) is 0 Å². The second-order valence-electron chi connectivity index (χ2n) is 7.84. The van der Waals surface area contributed by atoms with Crippen molar-refractivity contribution in [2.24, 2.45) is 5.92 Å². The van der Waals surface area contributed by atoms with E-state index in [2.05, 4.69) is 15.2 Å². The highest BCUT2D eigenvalue weighted by Crippen LogP contribution is 2.26. The van der Waals surface area contributed by atoms with Crippen LogP contribution >= 0.6 is 0 Å². The van der Waals surface area contributed by atoms with Gasteiger partial charge in [-0.2, -0.15) is 4.98 Å². The predicted octanol–water partition coefficient (Wildman–Crippen LogP) is 3.07. The molecule has 0 saturated carbocycles. The van der Waals surface area contributed by atoms with Crippen LogP contribution in [0.5, 0.6) is 0 Å². The fourth-order valence-corrected chi connectivity index (χ4v) is 3.60. The monoisotopic (exact) mass is 385 g/mol. The molecule has 1 aliphatic heterocycles. The number of rotatable bonds is 7. The molecule has 1 amide bonds. The van der Waals surface area contributed by atoms with Crippen LogP contribution in [0.2, 0.25) is 0 Å². The molecular weight excluding hydrogens is 354 g/mol. The molecule has 0 bridgehead atoms. The summed E-state index contributed by atoms with van der Waals surface area (Å²) in [6, 6.07) is 5.86. The predicted molar refractivity (Wildman–Crippen MR) is 111 cm³/mol. The topological polar surface area (TPSA) is 74.5 Å². The third-order valence-electron chi connectivity index (χ3n) is 5.11. The molecule has 1 N–H and O–H groups in total. The Hall–Kier alpha value is -2.57. The molecule has 7 heteroatoms. The second-order valence-corrected chi connectivity index (χ2v) is 7.84. The molecule has 0 spiro atoms. The Morgan fingerprint density at radius 3 is 2.86 bits per heavy atom. The number of piperidine rings is 1. The number of carbonyl (C=O) groups excluding carboxylic acids is 1. The zero-order valence-electron chi connectivity index (χ0n) is 17.4. The Morgan fingerprint density at radius 2 is 2.14 bits per heavy atom. The van der Waals surface area contributed by atoms with Crippen molar-refractivity contribution in [1.82, 2.24) is 15.3 Å². The third-order valence-corrected chi connectivity index (χ3v) is 5.11. The van der Waals surface area contributed by atoms with Gasteiger partial charge in [0.25, 0.3) is 0 Å². The molecule has 1 atom stereocenters. The van der Waals surface area contributed by atoms with Gasteiger partial charge in [0.15, 0.2) is 0 Å². The van der Waals surface area contributed by atoms with Gasteiger partial charge < -0.3 is 19.5 Å². The van der Waals surface area contributed by atoms with E-state index in [1.165, 1.54) is 0 Å². The maximum absolute atomic E-state index is 12.2. The van der Waals surface area contributed by atoms with E-state index >= 15 is 0 Å². The molecule has 7 nitrogen and oxygen atoms in total. The molecule has 0 aliphatic carbocycles. The lowest BCUT2D eigenvalue weighted by Crippen LogP contribution is -2.37.